The Morgan fingerprint density at radius 1 is 1.16 bits per heavy atom. The highest BCUT2D eigenvalue weighted by Crippen LogP contribution is 2.26. The molecule has 7 nitrogen and oxygen atoms in total. The molecule has 2 aliphatic rings. The highest BCUT2D eigenvalue weighted by atomic mass is 16.2. The van der Waals surface area contributed by atoms with Crippen molar-refractivity contribution in [3.63, 3.8) is 0 Å². The van der Waals surface area contributed by atoms with E-state index in [0.717, 1.165) is 31.7 Å². The molecule has 3 rings (SSSR count). The number of carbonyl (C=O) groups excluding carboxylic acids is 1. The molecular weight excluding hydrogens is 248 g/mol. The van der Waals surface area contributed by atoms with Gasteiger partial charge in [-0.25, -0.2) is 4.79 Å². The second-order valence-electron chi connectivity index (χ2n) is 5.28. The predicted molar refractivity (Wildman–Crippen MR) is 68.1 cm³/mol. The van der Waals surface area contributed by atoms with E-state index in [4.69, 9.17) is 0 Å². The van der Waals surface area contributed by atoms with Crippen molar-refractivity contribution in [2.45, 2.75) is 43.8 Å². The summed E-state index contributed by atoms with van der Waals surface area (Å²) in [5, 5.41) is 6.38. The fraction of sp³-hybridized carbons (Fsp3) is 0.583. The summed E-state index contributed by atoms with van der Waals surface area (Å²) in [5.74, 6) is -0.394. The highest BCUT2D eigenvalue weighted by Gasteiger charge is 2.34. The molecule has 102 valence electrons. The molecule has 0 saturated carbocycles. The smallest absolute Gasteiger partial charge is 0.326 e. The molecule has 7 heteroatoms. The molecule has 2 bridgehead atoms. The van der Waals surface area contributed by atoms with Crippen molar-refractivity contribution >= 4 is 5.91 Å². The van der Waals surface area contributed by atoms with Crippen LogP contribution in [0.3, 0.4) is 0 Å². The third-order valence-corrected chi connectivity index (χ3v) is 3.81. The Morgan fingerprint density at radius 2 is 1.84 bits per heavy atom. The Hall–Kier alpha value is -1.89. The molecule has 4 N–H and O–H groups in total. The normalized spacial score (nSPS) is 29.2. The highest BCUT2D eigenvalue weighted by molar-refractivity contribution is 5.92. The van der Waals surface area contributed by atoms with Gasteiger partial charge in [0.2, 0.25) is 0 Å². The Balaban J connectivity index is 1.71. The Kier molecular flexibility index (Phi) is 2.98. The van der Waals surface area contributed by atoms with Crippen LogP contribution >= 0.6 is 0 Å². The zero-order valence-electron chi connectivity index (χ0n) is 10.4. The lowest BCUT2D eigenvalue weighted by Gasteiger charge is -2.29. The summed E-state index contributed by atoms with van der Waals surface area (Å²) in [7, 11) is 0. The van der Waals surface area contributed by atoms with E-state index in [2.05, 4.69) is 15.6 Å². The molecule has 2 fully saturated rings. The van der Waals surface area contributed by atoms with E-state index in [9.17, 15) is 14.4 Å². The number of rotatable bonds is 2. The molecule has 2 saturated heterocycles. The summed E-state index contributed by atoms with van der Waals surface area (Å²) < 4.78 is 0. The SMILES string of the molecule is O=C(NC1CC2CCC(C1)N2)c1cc(=O)[nH]c(=O)[nH]1. The van der Waals surface area contributed by atoms with Crippen molar-refractivity contribution < 1.29 is 4.79 Å². The van der Waals surface area contributed by atoms with Gasteiger partial charge in [0.25, 0.3) is 11.5 Å². The van der Waals surface area contributed by atoms with Crippen LogP contribution in [0, 0.1) is 0 Å². The minimum absolute atomic E-state index is 0.0135. The lowest BCUT2D eigenvalue weighted by atomic mass is 10.00. The first-order valence-electron chi connectivity index (χ1n) is 6.51. The minimum atomic E-state index is -0.664. The molecule has 0 aliphatic carbocycles. The maximum absolute atomic E-state index is 12.0. The average Bonchev–Trinajstić information content (AvgIpc) is 2.67. The summed E-state index contributed by atoms with van der Waals surface area (Å²) >= 11 is 0. The molecule has 0 radical (unpaired) electrons. The lowest BCUT2D eigenvalue weighted by molar-refractivity contribution is 0.0918. The number of H-pyrrole nitrogens is 2. The molecule has 2 unspecified atom stereocenters. The molecule has 19 heavy (non-hydrogen) atoms. The van der Waals surface area contributed by atoms with Crippen LogP contribution in [0.5, 0.6) is 0 Å². The van der Waals surface area contributed by atoms with Crippen LogP contribution in [0.15, 0.2) is 15.7 Å². The number of amides is 1. The largest absolute Gasteiger partial charge is 0.348 e. The van der Waals surface area contributed by atoms with E-state index in [1.165, 1.54) is 0 Å². The summed E-state index contributed by atoms with van der Waals surface area (Å²) in [6, 6.07) is 2.16. The van der Waals surface area contributed by atoms with Gasteiger partial charge in [-0.1, -0.05) is 0 Å². The fourth-order valence-corrected chi connectivity index (χ4v) is 3.03. The minimum Gasteiger partial charge on any atom is -0.348 e. The van der Waals surface area contributed by atoms with Gasteiger partial charge in [-0.2, -0.15) is 0 Å². The first-order valence-corrected chi connectivity index (χ1v) is 6.51. The van der Waals surface area contributed by atoms with Crippen LogP contribution in [0.1, 0.15) is 36.2 Å². The van der Waals surface area contributed by atoms with Gasteiger partial charge in [0.1, 0.15) is 5.69 Å². The van der Waals surface area contributed by atoms with E-state index in [1.54, 1.807) is 0 Å². The molecule has 1 aromatic rings. The van der Waals surface area contributed by atoms with E-state index >= 15 is 0 Å². The lowest BCUT2D eigenvalue weighted by Crippen LogP contribution is -2.48. The van der Waals surface area contributed by atoms with Crippen LogP contribution in [0.4, 0.5) is 0 Å². The molecule has 1 aromatic heterocycles. The van der Waals surface area contributed by atoms with Crippen LogP contribution in [-0.4, -0.2) is 34.0 Å². The third-order valence-electron chi connectivity index (χ3n) is 3.81. The van der Waals surface area contributed by atoms with Crippen molar-refractivity contribution in [1.82, 2.24) is 20.6 Å². The summed E-state index contributed by atoms with van der Waals surface area (Å²) in [6.45, 7) is 0. The molecule has 2 aliphatic heterocycles. The van der Waals surface area contributed by atoms with Crippen molar-refractivity contribution in [2.75, 3.05) is 0 Å². The predicted octanol–water partition coefficient (Wildman–Crippen LogP) is -0.924. The topological polar surface area (TPSA) is 107 Å². The van der Waals surface area contributed by atoms with Gasteiger partial charge in [-0.3, -0.25) is 14.6 Å². The third kappa shape index (κ3) is 2.60. The molecule has 0 spiro atoms. The maximum Gasteiger partial charge on any atom is 0.326 e. The zero-order chi connectivity index (χ0) is 13.4. The van der Waals surface area contributed by atoms with Crippen molar-refractivity contribution in [3.8, 4) is 0 Å². The van der Waals surface area contributed by atoms with E-state index in [1.807, 2.05) is 4.98 Å². The van der Waals surface area contributed by atoms with Gasteiger partial charge in [0.15, 0.2) is 0 Å². The van der Waals surface area contributed by atoms with Crippen LogP contribution in [-0.2, 0) is 0 Å². The Morgan fingerprint density at radius 3 is 2.47 bits per heavy atom. The number of aromatic nitrogens is 2. The maximum atomic E-state index is 12.0. The second-order valence-corrected chi connectivity index (χ2v) is 5.28. The van der Waals surface area contributed by atoms with E-state index in [0.29, 0.717) is 12.1 Å². The molecule has 1 amide bonds. The van der Waals surface area contributed by atoms with Crippen molar-refractivity contribution in [3.05, 3.63) is 32.6 Å². The number of piperidine rings is 1. The number of hydrogen-bond donors (Lipinski definition) is 4. The van der Waals surface area contributed by atoms with Gasteiger partial charge < -0.3 is 15.6 Å². The van der Waals surface area contributed by atoms with Crippen molar-refractivity contribution in [1.29, 1.82) is 0 Å². The summed E-state index contributed by atoms with van der Waals surface area (Å²) in [5.41, 5.74) is -1.22. The van der Waals surface area contributed by atoms with Gasteiger partial charge in [0.05, 0.1) is 0 Å². The van der Waals surface area contributed by atoms with Crippen LogP contribution < -0.4 is 21.9 Å². The summed E-state index contributed by atoms with van der Waals surface area (Å²) in [4.78, 5) is 38.6. The monoisotopic (exact) mass is 264 g/mol. The van der Waals surface area contributed by atoms with Gasteiger partial charge >= 0.3 is 5.69 Å². The molecule has 2 atom stereocenters. The van der Waals surface area contributed by atoms with Crippen LogP contribution in [0.2, 0.25) is 0 Å². The Bertz CT molecular complexity index is 565. The first kappa shape index (κ1) is 12.2. The zero-order valence-corrected chi connectivity index (χ0v) is 10.4. The number of hydrogen-bond acceptors (Lipinski definition) is 4. The number of carbonyl (C=O) groups is 1. The van der Waals surface area contributed by atoms with Gasteiger partial charge in [-0.15, -0.1) is 0 Å². The molecule has 3 heterocycles. The van der Waals surface area contributed by atoms with E-state index in [-0.39, 0.29) is 11.7 Å². The first-order chi connectivity index (χ1) is 9.10. The summed E-state index contributed by atoms with van der Waals surface area (Å²) in [6.07, 6.45) is 4.10. The molecular formula is C12H16N4O3. The second kappa shape index (κ2) is 4.65. The average molecular weight is 264 g/mol. The Labute approximate surface area is 108 Å². The van der Waals surface area contributed by atoms with Gasteiger partial charge in [-0.05, 0) is 25.7 Å². The van der Waals surface area contributed by atoms with Crippen molar-refractivity contribution in [2.24, 2.45) is 0 Å². The fourth-order valence-electron chi connectivity index (χ4n) is 3.03. The quantitative estimate of drug-likeness (QED) is 0.554. The van der Waals surface area contributed by atoms with E-state index < -0.39 is 17.2 Å². The molecule has 0 aromatic carbocycles. The van der Waals surface area contributed by atoms with Gasteiger partial charge in [0, 0.05) is 24.2 Å². The number of nitrogens with one attached hydrogen (secondary N) is 4. The number of aromatic amines is 2. The number of fused-ring (bicyclic) bond motifs is 2. The standard InChI is InChI=1S/C12H16N4O3/c17-10-5-9(15-12(19)16-10)11(18)14-8-3-6-1-2-7(4-8)13-6/h5-8,13H,1-4H2,(H,14,18)(H2,15,16,17,19). The van der Waals surface area contributed by atoms with Crippen LogP contribution in [0.25, 0.3) is 0 Å².